The Bertz CT molecular complexity index is 514. The lowest BCUT2D eigenvalue weighted by Gasteiger charge is -2.23. The fourth-order valence-corrected chi connectivity index (χ4v) is 1.73. The van der Waals surface area contributed by atoms with Crippen molar-refractivity contribution >= 4 is 23.5 Å². The van der Waals surface area contributed by atoms with Crippen molar-refractivity contribution in [3.8, 4) is 5.75 Å². The van der Waals surface area contributed by atoms with Crippen LogP contribution in [0.5, 0.6) is 5.75 Å². The van der Waals surface area contributed by atoms with Gasteiger partial charge in [-0.05, 0) is 38.5 Å². The standard InChI is InChI=1S/C14H18ClNO4/c1-9-5-6-10(15)11(7-9)20-8-12(17)16-14(2,3)13(18)19-4/h5-7H,8H2,1-4H3,(H,16,17). The highest BCUT2D eigenvalue weighted by Crippen LogP contribution is 2.25. The molecule has 1 N–H and O–H groups in total. The van der Waals surface area contributed by atoms with Gasteiger partial charge in [0, 0.05) is 0 Å². The Morgan fingerprint density at radius 3 is 2.60 bits per heavy atom. The molecule has 0 bridgehead atoms. The highest BCUT2D eigenvalue weighted by molar-refractivity contribution is 6.32. The van der Waals surface area contributed by atoms with Gasteiger partial charge in [-0.25, -0.2) is 4.79 Å². The molecule has 6 heteroatoms. The molecule has 0 radical (unpaired) electrons. The first kappa shape index (κ1) is 16.3. The molecule has 1 rings (SSSR count). The number of halogens is 1. The molecule has 0 saturated carbocycles. The Hall–Kier alpha value is -1.75. The zero-order valence-corrected chi connectivity index (χ0v) is 12.7. The first-order chi connectivity index (χ1) is 9.26. The number of nitrogens with one attached hydrogen (secondary N) is 1. The van der Waals surface area contributed by atoms with Crippen LogP contribution in [0.15, 0.2) is 18.2 Å². The van der Waals surface area contributed by atoms with E-state index in [1.165, 1.54) is 7.11 Å². The fraction of sp³-hybridized carbons (Fsp3) is 0.429. The summed E-state index contributed by atoms with van der Waals surface area (Å²) in [6.07, 6.45) is 0. The first-order valence-electron chi connectivity index (χ1n) is 6.04. The molecule has 0 heterocycles. The van der Waals surface area contributed by atoms with E-state index in [0.717, 1.165) is 5.56 Å². The van der Waals surface area contributed by atoms with Gasteiger partial charge in [-0.15, -0.1) is 0 Å². The van der Waals surface area contributed by atoms with Crippen LogP contribution < -0.4 is 10.1 Å². The molecule has 0 spiro atoms. The monoisotopic (exact) mass is 299 g/mol. The van der Waals surface area contributed by atoms with Gasteiger partial charge in [0.25, 0.3) is 5.91 Å². The fourth-order valence-electron chi connectivity index (χ4n) is 1.56. The summed E-state index contributed by atoms with van der Waals surface area (Å²) in [6, 6.07) is 5.28. The Labute approximate surface area is 123 Å². The minimum Gasteiger partial charge on any atom is -0.482 e. The molecule has 0 saturated heterocycles. The molecule has 0 aliphatic heterocycles. The van der Waals surface area contributed by atoms with Gasteiger partial charge < -0.3 is 14.8 Å². The van der Waals surface area contributed by atoms with Crippen molar-refractivity contribution in [2.24, 2.45) is 0 Å². The topological polar surface area (TPSA) is 64.6 Å². The van der Waals surface area contributed by atoms with Crippen molar-refractivity contribution < 1.29 is 19.1 Å². The van der Waals surface area contributed by atoms with Crippen molar-refractivity contribution in [2.75, 3.05) is 13.7 Å². The van der Waals surface area contributed by atoms with Gasteiger partial charge in [0.15, 0.2) is 6.61 Å². The van der Waals surface area contributed by atoms with E-state index in [0.29, 0.717) is 10.8 Å². The summed E-state index contributed by atoms with van der Waals surface area (Å²) >= 11 is 5.95. The van der Waals surface area contributed by atoms with E-state index in [9.17, 15) is 9.59 Å². The number of methoxy groups -OCH3 is 1. The van der Waals surface area contributed by atoms with Crippen LogP contribution in [0, 0.1) is 6.92 Å². The van der Waals surface area contributed by atoms with Gasteiger partial charge in [-0.2, -0.15) is 0 Å². The number of rotatable bonds is 5. The van der Waals surface area contributed by atoms with E-state index in [1.54, 1.807) is 26.0 Å². The number of benzene rings is 1. The minimum absolute atomic E-state index is 0.233. The number of carbonyl (C=O) groups excluding carboxylic acids is 2. The molecule has 0 aromatic heterocycles. The number of hydrogen-bond acceptors (Lipinski definition) is 4. The van der Waals surface area contributed by atoms with E-state index in [2.05, 4.69) is 10.1 Å². The summed E-state index contributed by atoms with van der Waals surface area (Å²) in [4.78, 5) is 23.2. The molecular formula is C14H18ClNO4. The Morgan fingerprint density at radius 1 is 1.35 bits per heavy atom. The maximum Gasteiger partial charge on any atom is 0.330 e. The third-order valence-electron chi connectivity index (χ3n) is 2.59. The summed E-state index contributed by atoms with van der Waals surface area (Å²) < 4.78 is 9.94. The molecule has 0 unspecified atom stereocenters. The van der Waals surface area contributed by atoms with Gasteiger partial charge in [0.2, 0.25) is 0 Å². The van der Waals surface area contributed by atoms with Crippen molar-refractivity contribution in [1.29, 1.82) is 0 Å². The van der Waals surface area contributed by atoms with E-state index >= 15 is 0 Å². The average molecular weight is 300 g/mol. The second-order valence-electron chi connectivity index (χ2n) is 4.89. The van der Waals surface area contributed by atoms with E-state index < -0.39 is 17.4 Å². The number of amides is 1. The zero-order chi connectivity index (χ0) is 15.3. The number of carbonyl (C=O) groups is 2. The second kappa shape index (κ2) is 6.61. The van der Waals surface area contributed by atoms with Gasteiger partial charge in [-0.3, -0.25) is 4.79 Å². The van der Waals surface area contributed by atoms with Gasteiger partial charge in [0.1, 0.15) is 11.3 Å². The zero-order valence-electron chi connectivity index (χ0n) is 12.0. The summed E-state index contributed by atoms with van der Waals surface area (Å²) in [5.74, 6) is -0.532. The van der Waals surface area contributed by atoms with E-state index in [4.69, 9.17) is 16.3 Å². The molecule has 1 aromatic carbocycles. The normalized spacial score (nSPS) is 10.8. The SMILES string of the molecule is COC(=O)C(C)(C)NC(=O)COc1cc(C)ccc1Cl. The third-order valence-corrected chi connectivity index (χ3v) is 2.91. The molecular weight excluding hydrogens is 282 g/mol. The number of ether oxygens (including phenoxy) is 2. The Morgan fingerprint density at radius 2 is 2.00 bits per heavy atom. The number of hydrogen-bond donors (Lipinski definition) is 1. The van der Waals surface area contributed by atoms with Crippen LogP contribution in [0.4, 0.5) is 0 Å². The van der Waals surface area contributed by atoms with Gasteiger partial charge >= 0.3 is 5.97 Å². The van der Waals surface area contributed by atoms with Crippen molar-refractivity contribution in [3.05, 3.63) is 28.8 Å². The van der Waals surface area contributed by atoms with Gasteiger partial charge in [-0.1, -0.05) is 17.7 Å². The lowest BCUT2D eigenvalue weighted by Crippen LogP contribution is -2.51. The maximum atomic E-state index is 11.8. The van der Waals surface area contributed by atoms with Crippen LogP contribution in [0.3, 0.4) is 0 Å². The Balaban J connectivity index is 2.60. The smallest absolute Gasteiger partial charge is 0.330 e. The molecule has 110 valence electrons. The average Bonchev–Trinajstić information content (AvgIpc) is 2.38. The summed E-state index contributed by atoms with van der Waals surface area (Å²) in [6.45, 7) is 4.76. The van der Waals surface area contributed by atoms with Crippen LogP contribution in [0.25, 0.3) is 0 Å². The highest BCUT2D eigenvalue weighted by Gasteiger charge is 2.30. The van der Waals surface area contributed by atoms with Crippen molar-refractivity contribution in [1.82, 2.24) is 5.32 Å². The number of aryl methyl sites for hydroxylation is 1. The van der Waals surface area contributed by atoms with Crippen molar-refractivity contribution in [3.63, 3.8) is 0 Å². The van der Waals surface area contributed by atoms with Crippen molar-refractivity contribution in [2.45, 2.75) is 26.3 Å². The van der Waals surface area contributed by atoms with Crippen LogP contribution >= 0.6 is 11.6 Å². The first-order valence-corrected chi connectivity index (χ1v) is 6.42. The molecule has 1 aromatic rings. The molecule has 0 aliphatic carbocycles. The lowest BCUT2D eigenvalue weighted by atomic mass is 10.1. The number of esters is 1. The molecule has 0 atom stereocenters. The summed E-state index contributed by atoms with van der Waals surface area (Å²) in [5, 5.41) is 2.96. The highest BCUT2D eigenvalue weighted by atomic mass is 35.5. The largest absolute Gasteiger partial charge is 0.482 e. The van der Waals surface area contributed by atoms with Crippen LogP contribution in [-0.2, 0) is 14.3 Å². The van der Waals surface area contributed by atoms with E-state index in [-0.39, 0.29) is 6.61 Å². The van der Waals surface area contributed by atoms with Crippen LogP contribution in [0.2, 0.25) is 5.02 Å². The molecule has 20 heavy (non-hydrogen) atoms. The van der Waals surface area contributed by atoms with Crippen LogP contribution in [-0.4, -0.2) is 31.1 Å². The Kier molecular flexibility index (Phi) is 5.39. The molecule has 0 aliphatic rings. The predicted octanol–water partition coefficient (Wildman–Crippen LogP) is 2.10. The van der Waals surface area contributed by atoms with E-state index in [1.807, 2.05) is 13.0 Å². The molecule has 1 amide bonds. The third kappa shape index (κ3) is 4.42. The molecule has 5 nitrogen and oxygen atoms in total. The second-order valence-corrected chi connectivity index (χ2v) is 5.29. The predicted molar refractivity (Wildman–Crippen MR) is 75.9 cm³/mol. The maximum absolute atomic E-state index is 11.8. The summed E-state index contributed by atoms with van der Waals surface area (Å²) in [7, 11) is 1.26. The van der Waals surface area contributed by atoms with Gasteiger partial charge in [0.05, 0.1) is 12.1 Å². The lowest BCUT2D eigenvalue weighted by molar-refractivity contribution is -0.149. The molecule has 0 fully saturated rings. The van der Waals surface area contributed by atoms with Crippen LogP contribution in [0.1, 0.15) is 19.4 Å². The minimum atomic E-state index is -1.11. The quantitative estimate of drug-likeness (QED) is 0.846. The summed E-state index contributed by atoms with van der Waals surface area (Å²) in [5.41, 5.74) is -0.134.